The Balaban J connectivity index is 1.36. The van der Waals surface area contributed by atoms with Gasteiger partial charge in [0.15, 0.2) is 0 Å². The van der Waals surface area contributed by atoms with Crippen LogP contribution < -0.4 is 5.32 Å². The predicted molar refractivity (Wildman–Crippen MR) is 113 cm³/mol. The number of furan rings is 1. The maximum atomic E-state index is 12.4. The lowest BCUT2D eigenvalue weighted by molar-refractivity contribution is -0.124. The summed E-state index contributed by atoms with van der Waals surface area (Å²) in [5.41, 5.74) is 3.14. The molecule has 158 valence electrons. The van der Waals surface area contributed by atoms with E-state index in [0.29, 0.717) is 12.1 Å². The van der Waals surface area contributed by atoms with Crippen molar-refractivity contribution in [3.63, 3.8) is 0 Å². The summed E-state index contributed by atoms with van der Waals surface area (Å²) in [5, 5.41) is 30.2. The third-order valence-corrected chi connectivity index (χ3v) is 4.75. The Labute approximate surface area is 178 Å². The highest BCUT2D eigenvalue weighted by atomic mass is 16.6. The smallest absolute Gasteiger partial charge is 0.464 e. The molecule has 1 atom stereocenters. The molecule has 1 amide bonds. The van der Waals surface area contributed by atoms with Crippen molar-refractivity contribution in [1.82, 2.24) is 20.3 Å². The van der Waals surface area contributed by atoms with Crippen LogP contribution in [0.2, 0.25) is 0 Å². The van der Waals surface area contributed by atoms with Crippen LogP contribution in [0.5, 0.6) is 0 Å². The maximum Gasteiger partial charge on any atom is 0.635 e. The van der Waals surface area contributed by atoms with Gasteiger partial charge in [0.25, 0.3) is 0 Å². The number of aromatic nitrogens is 3. The van der Waals surface area contributed by atoms with Crippen LogP contribution in [0.3, 0.4) is 0 Å². The molecule has 0 saturated carbocycles. The Hall–Kier alpha value is -3.47. The van der Waals surface area contributed by atoms with Crippen LogP contribution in [0, 0.1) is 0 Å². The van der Waals surface area contributed by atoms with E-state index in [1.807, 2.05) is 54.6 Å². The van der Waals surface area contributed by atoms with Crippen molar-refractivity contribution < 1.29 is 23.9 Å². The molecule has 0 aliphatic heterocycles. The topological polar surface area (TPSA) is 123 Å². The number of rotatable bonds is 9. The summed E-state index contributed by atoms with van der Waals surface area (Å²) in [6, 6.07) is 17.1. The average Bonchev–Trinajstić information content (AvgIpc) is 3.40. The molecule has 4 aromatic rings. The highest BCUT2D eigenvalue weighted by molar-refractivity contribution is 6.32. The standard InChI is InChI=1S/C21H21BN4O5/c27-20(10-11-26-13-18(24-25-26)15-6-2-1-3-7-15)23-21(31-22(28)29)12-16-14-30-19-9-5-4-8-17(16)19/h1-9,13-14,21,28-29H,10-12H2,(H,23,27)/t21-/m1/s1. The van der Waals surface area contributed by atoms with E-state index in [2.05, 4.69) is 15.6 Å². The molecule has 2 heterocycles. The van der Waals surface area contributed by atoms with Crippen molar-refractivity contribution >= 4 is 24.2 Å². The Kier molecular flexibility index (Phi) is 6.41. The zero-order chi connectivity index (χ0) is 21.6. The molecule has 0 radical (unpaired) electrons. The van der Waals surface area contributed by atoms with Crippen LogP contribution in [-0.4, -0.2) is 44.5 Å². The molecule has 2 aromatic heterocycles. The zero-order valence-corrected chi connectivity index (χ0v) is 16.6. The predicted octanol–water partition coefficient (Wildman–Crippen LogP) is 1.75. The molecule has 31 heavy (non-hydrogen) atoms. The van der Waals surface area contributed by atoms with E-state index >= 15 is 0 Å². The van der Waals surface area contributed by atoms with E-state index in [1.54, 1.807) is 17.1 Å². The van der Waals surface area contributed by atoms with Gasteiger partial charge < -0.3 is 24.4 Å². The number of amides is 1. The molecular formula is C21H21BN4O5. The zero-order valence-electron chi connectivity index (χ0n) is 16.6. The lowest BCUT2D eigenvalue weighted by Gasteiger charge is -2.19. The van der Waals surface area contributed by atoms with E-state index < -0.39 is 13.5 Å². The first-order chi connectivity index (χ1) is 15.1. The monoisotopic (exact) mass is 420 g/mol. The summed E-state index contributed by atoms with van der Waals surface area (Å²) in [6.07, 6.45) is 2.72. The Morgan fingerprint density at radius 2 is 1.94 bits per heavy atom. The molecule has 0 aliphatic carbocycles. The molecule has 0 spiro atoms. The number of para-hydroxylation sites is 1. The second kappa shape index (κ2) is 9.56. The highest BCUT2D eigenvalue weighted by Crippen LogP contribution is 2.22. The minimum Gasteiger partial charge on any atom is -0.464 e. The first-order valence-corrected chi connectivity index (χ1v) is 9.80. The van der Waals surface area contributed by atoms with Gasteiger partial charge in [-0.05, 0) is 6.07 Å². The average molecular weight is 420 g/mol. The van der Waals surface area contributed by atoms with E-state index in [9.17, 15) is 14.8 Å². The number of hydrogen-bond acceptors (Lipinski definition) is 7. The molecular weight excluding hydrogens is 399 g/mol. The number of hydrogen-bond donors (Lipinski definition) is 3. The molecule has 2 aromatic carbocycles. The van der Waals surface area contributed by atoms with E-state index in [1.165, 1.54) is 0 Å². The van der Waals surface area contributed by atoms with Crippen molar-refractivity contribution in [2.75, 3.05) is 0 Å². The van der Waals surface area contributed by atoms with Crippen LogP contribution in [0.1, 0.15) is 12.0 Å². The van der Waals surface area contributed by atoms with Crippen LogP contribution in [-0.2, 0) is 22.4 Å². The van der Waals surface area contributed by atoms with Crippen LogP contribution in [0.4, 0.5) is 0 Å². The second-order valence-electron chi connectivity index (χ2n) is 6.96. The Morgan fingerprint density at radius 3 is 2.74 bits per heavy atom. The fraction of sp³-hybridized carbons (Fsp3) is 0.190. The van der Waals surface area contributed by atoms with Crippen LogP contribution in [0.15, 0.2) is 71.5 Å². The van der Waals surface area contributed by atoms with Gasteiger partial charge in [-0.15, -0.1) is 5.10 Å². The normalized spacial score (nSPS) is 12.1. The van der Waals surface area contributed by atoms with Crippen molar-refractivity contribution in [1.29, 1.82) is 0 Å². The highest BCUT2D eigenvalue weighted by Gasteiger charge is 2.22. The van der Waals surface area contributed by atoms with Gasteiger partial charge >= 0.3 is 7.32 Å². The summed E-state index contributed by atoms with van der Waals surface area (Å²) in [5.74, 6) is -0.324. The Bertz CT molecular complexity index is 1140. The lowest BCUT2D eigenvalue weighted by atomic mass is 10.1. The quantitative estimate of drug-likeness (QED) is 0.279. The first kappa shape index (κ1) is 20.8. The van der Waals surface area contributed by atoms with Gasteiger partial charge in [0, 0.05) is 29.4 Å². The lowest BCUT2D eigenvalue weighted by Crippen LogP contribution is -2.42. The van der Waals surface area contributed by atoms with Gasteiger partial charge in [-0.25, -0.2) is 0 Å². The second-order valence-corrected chi connectivity index (χ2v) is 6.96. The number of benzene rings is 2. The fourth-order valence-electron chi connectivity index (χ4n) is 3.29. The van der Waals surface area contributed by atoms with E-state index in [0.717, 1.165) is 22.2 Å². The maximum absolute atomic E-state index is 12.4. The van der Waals surface area contributed by atoms with Crippen molar-refractivity contribution in [2.24, 2.45) is 0 Å². The molecule has 0 bridgehead atoms. The van der Waals surface area contributed by atoms with E-state index in [-0.39, 0.29) is 18.7 Å². The molecule has 0 fully saturated rings. The third-order valence-electron chi connectivity index (χ3n) is 4.75. The number of aryl methyl sites for hydroxylation is 1. The molecule has 0 aliphatic rings. The van der Waals surface area contributed by atoms with Crippen molar-refractivity contribution in [3.05, 3.63) is 72.6 Å². The summed E-state index contributed by atoms with van der Waals surface area (Å²) in [6.45, 7) is 0.314. The van der Waals surface area contributed by atoms with Gasteiger partial charge in [0.2, 0.25) is 5.91 Å². The molecule has 3 N–H and O–H groups in total. The SMILES string of the molecule is O=C(CCn1cc(-c2ccccc2)nn1)N[C@@H](Cc1coc2ccccc12)OB(O)O. The molecule has 0 saturated heterocycles. The van der Waals surface area contributed by atoms with Gasteiger partial charge in [-0.3, -0.25) is 9.48 Å². The van der Waals surface area contributed by atoms with Crippen LogP contribution >= 0.6 is 0 Å². The number of carbonyl (C=O) groups is 1. The molecule has 0 unspecified atom stereocenters. The molecule has 9 nitrogen and oxygen atoms in total. The number of carbonyl (C=O) groups excluding carboxylic acids is 1. The molecule has 4 rings (SSSR count). The van der Waals surface area contributed by atoms with Gasteiger partial charge in [0.05, 0.1) is 19.0 Å². The van der Waals surface area contributed by atoms with Crippen molar-refractivity contribution in [3.8, 4) is 11.3 Å². The summed E-state index contributed by atoms with van der Waals surface area (Å²) in [7, 11) is -2.02. The summed E-state index contributed by atoms with van der Waals surface area (Å²) >= 11 is 0. The Morgan fingerprint density at radius 1 is 1.16 bits per heavy atom. The van der Waals surface area contributed by atoms with Gasteiger partial charge in [-0.2, -0.15) is 0 Å². The van der Waals surface area contributed by atoms with Crippen LogP contribution in [0.25, 0.3) is 22.2 Å². The van der Waals surface area contributed by atoms with E-state index in [4.69, 9.17) is 9.07 Å². The van der Waals surface area contributed by atoms with Gasteiger partial charge in [-0.1, -0.05) is 53.7 Å². The summed E-state index contributed by atoms with van der Waals surface area (Å²) < 4.78 is 12.1. The minimum absolute atomic E-state index is 0.116. The fourth-order valence-corrected chi connectivity index (χ4v) is 3.29. The number of nitrogens with zero attached hydrogens (tertiary/aromatic N) is 3. The van der Waals surface area contributed by atoms with Gasteiger partial charge in [0.1, 0.15) is 17.5 Å². The van der Waals surface area contributed by atoms with Crippen molar-refractivity contribution in [2.45, 2.75) is 25.6 Å². The summed E-state index contributed by atoms with van der Waals surface area (Å²) in [4.78, 5) is 12.4. The minimum atomic E-state index is -2.02. The molecule has 10 heteroatoms. The third kappa shape index (κ3) is 5.37. The number of nitrogens with one attached hydrogen (secondary N) is 1. The number of fused-ring (bicyclic) bond motifs is 1. The largest absolute Gasteiger partial charge is 0.635 e. The first-order valence-electron chi connectivity index (χ1n) is 9.80.